The highest BCUT2D eigenvalue weighted by atomic mass is 32.1. The molecule has 21 heavy (non-hydrogen) atoms. The molecular weight excluding hydrogens is 282 g/mol. The van der Waals surface area contributed by atoms with Crippen LogP contribution in [0.1, 0.15) is 17.5 Å². The number of benzene rings is 1. The van der Waals surface area contributed by atoms with Gasteiger partial charge in [-0.3, -0.25) is 0 Å². The van der Waals surface area contributed by atoms with E-state index in [1.807, 2.05) is 13.1 Å². The van der Waals surface area contributed by atoms with E-state index in [0.717, 1.165) is 30.8 Å². The molecule has 0 aliphatic heterocycles. The summed E-state index contributed by atoms with van der Waals surface area (Å²) in [6, 6.07) is 8.81. The van der Waals surface area contributed by atoms with Crippen LogP contribution in [0.2, 0.25) is 0 Å². The molecule has 0 amide bonds. The van der Waals surface area contributed by atoms with Gasteiger partial charge < -0.3 is 14.8 Å². The normalized spacial score (nSPS) is 12.1. The van der Waals surface area contributed by atoms with E-state index in [9.17, 15) is 0 Å². The predicted octanol–water partition coefficient (Wildman–Crippen LogP) is 3.53. The van der Waals surface area contributed by atoms with E-state index in [2.05, 4.69) is 34.3 Å². The molecule has 3 nitrogen and oxygen atoms in total. The Morgan fingerprint density at radius 1 is 1.10 bits per heavy atom. The minimum absolute atomic E-state index is 0.461. The van der Waals surface area contributed by atoms with Crippen molar-refractivity contribution in [1.82, 2.24) is 5.32 Å². The smallest absolute Gasteiger partial charge is 0.160 e. The van der Waals surface area contributed by atoms with Gasteiger partial charge in [0.1, 0.15) is 0 Å². The summed E-state index contributed by atoms with van der Waals surface area (Å²) in [7, 11) is 5.36. The van der Waals surface area contributed by atoms with Crippen molar-refractivity contribution in [2.45, 2.75) is 25.3 Å². The van der Waals surface area contributed by atoms with Crippen molar-refractivity contribution in [3.05, 3.63) is 46.2 Å². The van der Waals surface area contributed by atoms with Crippen LogP contribution in [0.4, 0.5) is 0 Å². The average molecular weight is 305 g/mol. The highest BCUT2D eigenvalue weighted by molar-refractivity contribution is 7.07. The predicted molar refractivity (Wildman–Crippen MR) is 88.7 cm³/mol. The van der Waals surface area contributed by atoms with Crippen LogP contribution < -0.4 is 14.8 Å². The van der Waals surface area contributed by atoms with Gasteiger partial charge in [-0.2, -0.15) is 11.3 Å². The Hall–Kier alpha value is -1.52. The van der Waals surface area contributed by atoms with Crippen molar-refractivity contribution >= 4 is 11.3 Å². The fraction of sp³-hybridized carbons (Fsp3) is 0.412. The molecule has 2 aromatic rings. The van der Waals surface area contributed by atoms with Gasteiger partial charge in [-0.1, -0.05) is 6.07 Å². The summed E-state index contributed by atoms with van der Waals surface area (Å²) in [5, 5.41) is 7.77. The average Bonchev–Trinajstić information content (AvgIpc) is 3.04. The number of hydrogen-bond acceptors (Lipinski definition) is 4. The molecule has 1 aromatic heterocycles. The van der Waals surface area contributed by atoms with Gasteiger partial charge in [0.25, 0.3) is 0 Å². The summed E-state index contributed by atoms with van der Waals surface area (Å²) < 4.78 is 10.6. The van der Waals surface area contributed by atoms with Crippen LogP contribution in [0.3, 0.4) is 0 Å². The summed E-state index contributed by atoms with van der Waals surface area (Å²) in [5.41, 5.74) is 2.69. The van der Waals surface area contributed by atoms with Crippen LogP contribution >= 0.6 is 11.3 Å². The first-order chi connectivity index (χ1) is 10.3. The fourth-order valence-electron chi connectivity index (χ4n) is 2.42. The zero-order valence-electron chi connectivity index (χ0n) is 12.9. The maximum absolute atomic E-state index is 5.37. The molecule has 4 heteroatoms. The van der Waals surface area contributed by atoms with Gasteiger partial charge in [-0.05, 0) is 66.4 Å². The highest BCUT2D eigenvalue weighted by Crippen LogP contribution is 2.28. The lowest BCUT2D eigenvalue weighted by atomic mass is 10.00. The third-order valence-corrected chi connectivity index (χ3v) is 4.43. The largest absolute Gasteiger partial charge is 0.493 e. The molecule has 0 aliphatic carbocycles. The Labute approximate surface area is 130 Å². The van der Waals surface area contributed by atoms with Gasteiger partial charge in [0, 0.05) is 6.04 Å². The molecule has 0 saturated heterocycles. The maximum Gasteiger partial charge on any atom is 0.160 e. The quantitative estimate of drug-likeness (QED) is 0.809. The van der Waals surface area contributed by atoms with Crippen LogP contribution in [0, 0.1) is 0 Å². The van der Waals surface area contributed by atoms with E-state index in [4.69, 9.17) is 9.47 Å². The summed E-state index contributed by atoms with van der Waals surface area (Å²) in [4.78, 5) is 0. The Morgan fingerprint density at radius 2 is 1.90 bits per heavy atom. The van der Waals surface area contributed by atoms with Crippen LogP contribution in [0.15, 0.2) is 35.0 Å². The van der Waals surface area contributed by atoms with Crippen molar-refractivity contribution in [3.8, 4) is 11.5 Å². The summed E-state index contributed by atoms with van der Waals surface area (Å²) in [5.74, 6) is 1.57. The number of ether oxygens (including phenoxy) is 2. The van der Waals surface area contributed by atoms with E-state index in [1.54, 1.807) is 25.6 Å². The van der Waals surface area contributed by atoms with Gasteiger partial charge in [-0.15, -0.1) is 0 Å². The van der Waals surface area contributed by atoms with E-state index < -0.39 is 0 Å². The monoisotopic (exact) mass is 305 g/mol. The molecule has 2 rings (SSSR count). The second kappa shape index (κ2) is 8.05. The molecule has 0 radical (unpaired) electrons. The second-order valence-electron chi connectivity index (χ2n) is 5.05. The van der Waals surface area contributed by atoms with Gasteiger partial charge >= 0.3 is 0 Å². The van der Waals surface area contributed by atoms with E-state index in [-0.39, 0.29) is 0 Å². The molecule has 1 heterocycles. The molecule has 0 saturated carbocycles. The lowest BCUT2D eigenvalue weighted by molar-refractivity contribution is 0.354. The van der Waals surface area contributed by atoms with Crippen LogP contribution in [0.25, 0.3) is 0 Å². The van der Waals surface area contributed by atoms with Crippen molar-refractivity contribution < 1.29 is 9.47 Å². The Morgan fingerprint density at radius 3 is 2.52 bits per heavy atom. The highest BCUT2D eigenvalue weighted by Gasteiger charge is 2.10. The number of methoxy groups -OCH3 is 2. The lowest BCUT2D eigenvalue weighted by Gasteiger charge is -2.17. The summed E-state index contributed by atoms with van der Waals surface area (Å²) in [6.07, 6.45) is 3.23. The zero-order valence-corrected chi connectivity index (χ0v) is 13.7. The molecule has 0 fully saturated rings. The molecule has 1 unspecified atom stereocenters. The SMILES string of the molecule is CNC(CCc1ccsc1)Cc1ccc(OC)c(OC)c1. The molecule has 0 aliphatic rings. The molecule has 0 spiro atoms. The lowest BCUT2D eigenvalue weighted by Crippen LogP contribution is -2.28. The molecule has 114 valence electrons. The molecular formula is C17H23NO2S. The van der Waals surface area contributed by atoms with Gasteiger partial charge in [0.15, 0.2) is 11.5 Å². The standard InChI is InChI=1S/C17H23NO2S/c1-18-15(6-4-13-8-9-21-12-13)10-14-5-7-16(19-2)17(11-14)20-3/h5,7-9,11-12,15,18H,4,6,10H2,1-3H3. The van der Waals surface area contributed by atoms with E-state index in [0.29, 0.717) is 6.04 Å². The fourth-order valence-corrected chi connectivity index (χ4v) is 3.12. The summed E-state index contributed by atoms with van der Waals surface area (Å²) >= 11 is 1.76. The minimum Gasteiger partial charge on any atom is -0.493 e. The van der Waals surface area contributed by atoms with E-state index in [1.165, 1.54) is 11.1 Å². The van der Waals surface area contributed by atoms with Crippen LogP contribution in [0.5, 0.6) is 11.5 Å². The first-order valence-electron chi connectivity index (χ1n) is 7.16. The number of thiophene rings is 1. The first-order valence-corrected chi connectivity index (χ1v) is 8.10. The van der Waals surface area contributed by atoms with Crippen LogP contribution in [-0.2, 0) is 12.8 Å². The summed E-state index contributed by atoms with van der Waals surface area (Å²) in [6.45, 7) is 0. The molecule has 1 N–H and O–H groups in total. The second-order valence-corrected chi connectivity index (χ2v) is 5.83. The number of aryl methyl sites for hydroxylation is 1. The van der Waals surface area contributed by atoms with Gasteiger partial charge in [0.2, 0.25) is 0 Å². The van der Waals surface area contributed by atoms with Gasteiger partial charge in [-0.25, -0.2) is 0 Å². The van der Waals surface area contributed by atoms with Crippen molar-refractivity contribution in [1.29, 1.82) is 0 Å². The number of nitrogens with one attached hydrogen (secondary N) is 1. The topological polar surface area (TPSA) is 30.5 Å². The first kappa shape index (κ1) is 15.9. The third-order valence-electron chi connectivity index (χ3n) is 3.70. The van der Waals surface area contributed by atoms with Gasteiger partial charge in [0.05, 0.1) is 14.2 Å². The van der Waals surface area contributed by atoms with E-state index >= 15 is 0 Å². The third kappa shape index (κ3) is 4.48. The van der Waals surface area contributed by atoms with Crippen molar-refractivity contribution in [2.24, 2.45) is 0 Å². The Balaban J connectivity index is 1.97. The number of rotatable bonds is 8. The Kier molecular flexibility index (Phi) is 6.08. The zero-order chi connectivity index (χ0) is 15.1. The molecule has 1 aromatic carbocycles. The van der Waals surface area contributed by atoms with Crippen molar-refractivity contribution in [3.63, 3.8) is 0 Å². The Bertz CT molecular complexity index is 540. The number of hydrogen-bond donors (Lipinski definition) is 1. The van der Waals surface area contributed by atoms with Crippen LogP contribution in [-0.4, -0.2) is 27.3 Å². The number of likely N-dealkylation sites (N-methyl/N-ethyl adjacent to an activating group) is 1. The van der Waals surface area contributed by atoms with Crippen molar-refractivity contribution in [2.75, 3.05) is 21.3 Å². The molecule has 0 bridgehead atoms. The maximum atomic E-state index is 5.37. The minimum atomic E-state index is 0.461. The molecule has 1 atom stereocenters.